The lowest BCUT2D eigenvalue weighted by atomic mass is 10.1. The van der Waals surface area contributed by atoms with Crippen LogP contribution >= 0.6 is 34.4 Å². The predicted octanol–water partition coefficient (Wildman–Crippen LogP) is 3.74. The Morgan fingerprint density at radius 1 is 1.19 bits per heavy atom. The molecule has 1 fully saturated rings. The second kappa shape index (κ2) is 8.85. The summed E-state index contributed by atoms with van der Waals surface area (Å²) >= 11 is 4.25. The van der Waals surface area contributed by atoms with E-state index in [9.17, 15) is 9.59 Å². The fourth-order valence-electron chi connectivity index (χ4n) is 2.98. The first-order valence-electron chi connectivity index (χ1n) is 9.84. The molecular weight excluding hydrogens is 452 g/mol. The Morgan fingerprint density at radius 3 is 2.84 bits per heavy atom. The van der Waals surface area contributed by atoms with Gasteiger partial charge in [-0.3, -0.25) is 9.59 Å². The maximum Gasteiger partial charge on any atom is 0.275 e. The normalized spacial score (nSPS) is 13.5. The highest BCUT2D eigenvalue weighted by molar-refractivity contribution is 8.00. The Bertz CT molecular complexity index is 1280. The molecule has 31 heavy (non-hydrogen) atoms. The molecule has 1 aromatic carbocycles. The van der Waals surface area contributed by atoms with Crippen LogP contribution in [0, 0.1) is 0 Å². The van der Waals surface area contributed by atoms with Crippen molar-refractivity contribution in [2.75, 3.05) is 5.32 Å². The summed E-state index contributed by atoms with van der Waals surface area (Å²) in [4.78, 5) is 29.7. The number of benzene rings is 1. The summed E-state index contributed by atoms with van der Waals surface area (Å²) in [6, 6.07) is 11.4. The SMILES string of the molecule is O=C(CCc1ccccc1)Nc1nnc(SCc2cc(=O)n3nc(C4CC4)sc3n2)s1. The molecule has 3 heterocycles. The summed E-state index contributed by atoms with van der Waals surface area (Å²) < 4.78 is 2.10. The first kappa shape index (κ1) is 20.3. The molecular formula is C20H18N6O2S3. The van der Waals surface area contributed by atoms with E-state index in [0.717, 1.165) is 23.4 Å². The summed E-state index contributed by atoms with van der Waals surface area (Å²) in [5.41, 5.74) is 1.65. The molecule has 0 saturated heterocycles. The predicted molar refractivity (Wildman–Crippen MR) is 122 cm³/mol. The number of carbonyl (C=O) groups is 1. The Hall–Kier alpha value is -2.63. The average Bonchev–Trinajstić information content (AvgIpc) is 3.38. The highest BCUT2D eigenvalue weighted by atomic mass is 32.2. The number of hydrogen-bond donors (Lipinski definition) is 1. The molecule has 0 atom stereocenters. The number of rotatable bonds is 8. The average molecular weight is 471 g/mol. The number of aromatic nitrogens is 5. The summed E-state index contributed by atoms with van der Waals surface area (Å²) in [5.74, 6) is 0.902. The molecule has 0 aliphatic heterocycles. The second-order valence-electron chi connectivity index (χ2n) is 7.19. The zero-order valence-corrected chi connectivity index (χ0v) is 18.8. The van der Waals surface area contributed by atoms with Gasteiger partial charge in [-0.2, -0.15) is 9.61 Å². The zero-order valence-electron chi connectivity index (χ0n) is 16.4. The fourth-order valence-corrected chi connectivity index (χ4v) is 5.73. The monoisotopic (exact) mass is 470 g/mol. The van der Waals surface area contributed by atoms with Crippen molar-refractivity contribution < 1.29 is 4.79 Å². The number of thioether (sulfide) groups is 1. The van der Waals surface area contributed by atoms with Gasteiger partial charge in [0.25, 0.3) is 5.56 Å². The summed E-state index contributed by atoms with van der Waals surface area (Å²) in [6.07, 6.45) is 3.34. The number of nitrogens with one attached hydrogen (secondary N) is 1. The Kier molecular flexibility index (Phi) is 5.79. The number of nitrogens with zero attached hydrogens (tertiary/aromatic N) is 5. The smallest absolute Gasteiger partial charge is 0.275 e. The molecule has 11 heteroatoms. The van der Waals surface area contributed by atoms with Crippen LogP contribution in [0.25, 0.3) is 4.96 Å². The molecule has 8 nitrogen and oxygen atoms in total. The van der Waals surface area contributed by atoms with Gasteiger partial charge in [0.2, 0.25) is 16.0 Å². The van der Waals surface area contributed by atoms with Crippen molar-refractivity contribution in [2.45, 2.75) is 41.7 Å². The van der Waals surface area contributed by atoms with E-state index in [2.05, 4.69) is 25.6 Å². The largest absolute Gasteiger partial charge is 0.300 e. The number of aryl methyl sites for hydroxylation is 1. The third-order valence-corrected chi connectivity index (χ3v) is 7.80. The number of fused-ring (bicyclic) bond motifs is 1. The van der Waals surface area contributed by atoms with Crippen LogP contribution < -0.4 is 10.9 Å². The maximum absolute atomic E-state index is 12.3. The van der Waals surface area contributed by atoms with Crippen LogP contribution in [0.5, 0.6) is 0 Å². The second-order valence-corrected chi connectivity index (χ2v) is 10.4. The van der Waals surface area contributed by atoms with E-state index < -0.39 is 0 Å². The van der Waals surface area contributed by atoms with Crippen molar-refractivity contribution in [3.05, 3.63) is 63.0 Å². The van der Waals surface area contributed by atoms with Gasteiger partial charge < -0.3 is 5.32 Å². The lowest BCUT2D eigenvalue weighted by molar-refractivity contribution is -0.116. The highest BCUT2D eigenvalue weighted by Gasteiger charge is 2.28. The van der Waals surface area contributed by atoms with Crippen molar-refractivity contribution >= 4 is 50.4 Å². The highest BCUT2D eigenvalue weighted by Crippen LogP contribution is 2.41. The minimum Gasteiger partial charge on any atom is -0.300 e. The first-order valence-corrected chi connectivity index (χ1v) is 12.5. The van der Waals surface area contributed by atoms with Crippen LogP contribution in [0.2, 0.25) is 0 Å². The van der Waals surface area contributed by atoms with Crippen LogP contribution in [0.4, 0.5) is 5.13 Å². The minimum absolute atomic E-state index is 0.0895. The van der Waals surface area contributed by atoms with Crippen molar-refractivity contribution in [2.24, 2.45) is 0 Å². The topological polar surface area (TPSA) is 102 Å². The van der Waals surface area contributed by atoms with Crippen molar-refractivity contribution in [1.29, 1.82) is 0 Å². The van der Waals surface area contributed by atoms with Crippen LogP contribution in [-0.4, -0.2) is 30.7 Å². The van der Waals surface area contributed by atoms with Crippen molar-refractivity contribution in [3.8, 4) is 0 Å². The third kappa shape index (κ3) is 5.00. The van der Waals surface area contributed by atoms with Crippen LogP contribution in [0.1, 0.15) is 41.4 Å². The maximum atomic E-state index is 12.3. The van der Waals surface area contributed by atoms with E-state index >= 15 is 0 Å². The standard InChI is InChI=1S/C20H18N6O2S3/c27-15(9-6-12-4-2-1-3-5-12)22-18-23-24-20(31-18)29-11-14-10-16(28)26-19(21-14)30-17(25-26)13-7-8-13/h1-5,10,13H,6-9,11H2,(H,22,23,27). The van der Waals surface area contributed by atoms with Gasteiger partial charge in [-0.15, -0.1) is 10.2 Å². The van der Waals surface area contributed by atoms with Gasteiger partial charge in [-0.05, 0) is 24.8 Å². The Balaban J connectivity index is 1.17. The van der Waals surface area contributed by atoms with Crippen molar-refractivity contribution in [3.63, 3.8) is 0 Å². The van der Waals surface area contributed by atoms with E-state index in [-0.39, 0.29) is 11.5 Å². The number of anilines is 1. The third-order valence-electron chi connectivity index (χ3n) is 4.72. The quantitative estimate of drug-likeness (QED) is 0.309. The molecule has 1 aliphatic carbocycles. The van der Waals surface area contributed by atoms with E-state index in [1.54, 1.807) is 0 Å². The van der Waals surface area contributed by atoms with Gasteiger partial charge >= 0.3 is 0 Å². The fraction of sp³-hybridized carbons (Fsp3) is 0.300. The zero-order chi connectivity index (χ0) is 21.2. The van der Waals surface area contributed by atoms with Crippen molar-refractivity contribution in [1.82, 2.24) is 24.8 Å². The molecule has 1 saturated carbocycles. The molecule has 1 N–H and O–H groups in total. The van der Waals surface area contributed by atoms with Gasteiger partial charge in [-0.1, -0.05) is 64.8 Å². The van der Waals surface area contributed by atoms with E-state index in [4.69, 9.17) is 0 Å². The molecule has 1 aliphatic rings. The Labute approximate surface area is 189 Å². The Morgan fingerprint density at radius 2 is 2.03 bits per heavy atom. The minimum atomic E-state index is -0.160. The molecule has 0 bridgehead atoms. The molecule has 5 rings (SSSR count). The summed E-state index contributed by atoms with van der Waals surface area (Å²) in [7, 11) is 0. The van der Waals surface area contributed by atoms with Crippen LogP contribution in [0.15, 0.2) is 45.5 Å². The van der Waals surface area contributed by atoms with E-state index in [1.165, 1.54) is 45.0 Å². The molecule has 3 aromatic heterocycles. The van der Waals surface area contributed by atoms with Gasteiger partial charge in [0.05, 0.1) is 5.69 Å². The molecule has 158 valence electrons. The van der Waals surface area contributed by atoms with Gasteiger partial charge in [0.15, 0.2) is 4.34 Å². The van der Waals surface area contributed by atoms with Crippen LogP contribution in [-0.2, 0) is 17.0 Å². The molecule has 0 radical (unpaired) electrons. The van der Waals surface area contributed by atoms with Gasteiger partial charge in [0, 0.05) is 24.2 Å². The van der Waals surface area contributed by atoms with Gasteiger partial charge in [-0.25, -0.2) is 4.98 Å². The van der Waals surface area contributed by atoms with Crippen LogP contribution in [0.3, 0.4) is 0 Å². The van der Waals surface area contributed by atoms with E-state index in [1.807, 2.05) is 30.3 Å². The lowest BCUT2D eigenvalue weighted by Gasteiger charge is -2.01. The molecule has 4 aromatic rings. The molecule has 1 amide bonds. The molecule has 0 spiro atoms. The number of carbonyl (C=O) groups excluding carboxylic acids is 1. The molecule has 0 unspecified atom stereocenters. The summed E-state index contributed by atoms with van der Waals surface area (Å²) in [6.45, 7) is 0. The lowest BCUT2D eigenvalue weighted by Crippen LogP contribution is -2.15. The number of amides is 1. The van der Waals surface area contributed by atoms with Gasteiger partial charge in [0.1, 0.15) is 5.01 Å². The summed E-state index contributed by atoms with van der Waals surface area (Å²) in [5, 5.41) is 16.8. The first-order chi connectivity index (χ1) is 15.1. The van der Waals surface area contributed by atoms with E-state index in [0.29, 0.717) is 44.6 Å². The number of hydrogen-bond acceptors (Lipinski definition) is 9.